The Hall–Kier alpha value is -0.900. The lowest BCUT2D eigenvalue weighted by Gasteiger charge is -2.65. The second kappa shape index (κ2) is 7.31. The van der Waals surface area contributed by atoms with Crippen molar-refractivity contribution in [3.63, 3.8) is 0 Å². The summed E-state index contributed by atoms with van der Waals surface area (Å²) in [5.74, 6) is 1.94. The van der Waals surface area contributed by atoms with E-state index in [2.05, 4.69) is 72.4 Å². The smallest absolute Gasteiger partial charge is 0.162 e. The number of hydrogen-bond donors (Lipinski definition) is 2. The van der Waals surface area contributed by atoms with Crippen molar-refractivity contribution in [1.82, 2.24) is 0 Å². The lowest BCUT2D eigenvalue weighted by Crippen LogP contribution is -2.65. The predicted molar refractivity (Wildman–Crippen MR) is 133 cm³/mol. The lowest BCUT2D eigenvalue weighted by atomic mass is 9.38. The van der Waals surface area contributed by atoms with Crippen LogP contribution in [0.5, 0.6) is 0 Å². The summed E-state index contributed by atoms with van der Waals surface area (Å²) in [7, 11) is 0. The van der Waals surface area contributed by atoms with Crippen LogP contribution >= 0.6 is 0 Å². The van der Waals surface area contributed by atoms with Crippen molar-refractivity contribution in [3.05, 3.63) is 36.5 Å². The standard InChI is InChI=1S/C30H46O3/c1-19(2)9-8-10-20(3)21-13-15-28(7)22-14-16-30-23(11-12-24(31)26(30,4)5)29(22,25(32)33-30)18-17-27(21,28)6/h8-9,14,16,20-25,31-32H,1,10-13,15,17-18H2,2-7H3/t20-,21-,22+,23+,24+,25-,27-,28+,29+,30-/m1/s1. The van der Waals surface area contributed by atoms with Crippen LogP contribution < -0.4 is 0 Å². The number of hydrogen-bond acceptors (Lipinski definition) is 3. The molecule has 10 atom stereocenters. The van der Waals surface area contributed by atoms with Crippen LogP contribution in [0.3, 0.4) is 0 Å². The maximum atomic E-state index is 11.6. The number of aliphatic hydroxyl groups excluding tert-OH is 2. The minimum absolute atomic E-state index is 0.153. The Labute approximate surface area is 201 Å². The normalized spacial score (nSPS) is 52.9. The highest BCUT2D eigenvalue weighted by Crippen LogP contribution is 2.78. The highest BCUT2D eigenvalue weighted by Gasteiger charge is 2.78. The van der Waals surface area contributed by atoms with Crippen LogP contribution in [0.1, 0.15) is 86.5 Å². The molecule has 5 rings (SSSR count). The zero-order chi connectivity index (χ0) is 24.0. The predicted octanol–water partition coefficient (Wildman–Crippen LogP) is 6.42. The SMILES string of the molecule is C=C(C)C=CC[C@@H](C)[C@H]1CC[C@@]2(C)[C@@H]3C=C[C@@]45O[C@@H](O)[C@]3(CC[C@]12C)[C@@H]4CC[C@H](O)C5(C)C. The second-order valence-electron chi connectivity index (χ2n) is 13.5. The van der Waals surface area contributed by atoms with E-state index in [9.17, 15) is 10.2 Å². The monoisotopic (exact) mass is 454 g/mol. The van der Waals surface area contributed by atoms with Crippen molar-refractivity contribution < 1.29 is 14.9 Å². The first-order valence-electron chi connectivity index (χ1n) is 13.4. The van der Waals surface area contributed by atoms with Crippen LogP contribution in [0.2, 0.25) is 0 Å². The summed E-state index contributed by atoms with van der Waals surface area (Å²) in [5, 5.41) is 22.5. The Kier molecular flexibility index (Phi) is 5.27. The molecule has 1 heterocycles. The van der Waals surface area contributed by atoms with Crippen LogP contribution in [0.15, 0.2) is 36.5 Å². The molecule has 184 valence electrons. The Morgan fingerprint density at radius 3 is 2.52 bits per heavy atom. The third-order valence-electron chi connectivity index (χ3n) is 12.1. The van der Waals surface area contributed by atoms with Crippen LogP contribution in [0.25, 0.3) is 0 Å². The van der Waals surface area contributed by atoms with Crippen molar-refractivity contribution >= 4 is 0 Å². The van der Waals surface area contributed by atoms with Gasteiger partial charge in [0.1, 0.15) is 5.60 Å². The van der Waals surface area contributed by atoms with Gasteiger partial charge in [0, 0.05) is 16.7 Å². The molecule has 1 saturated heterocycles. The molecule has 0 unspecified atom stereocenters. The maximum Gasteiger partial charge on any atom is 0.162 e. The molecular weight excluding hydrogens is 408 g/mol. The number of rotatable bonds is 4. The van der Waals surface area contributed by atoms with Gasteiger partial charge in [-0.15, -0.1) is 0 Å². The fraction of sp³-hybridized carbons (Fsp3) is 0.800. The number of allylic oxidation sites excluding steroid dienone is 4. The summed E-state index contributed by atoms with van der Waals surface area (Å²) in [5.41, 5.74) is 0.360. The average Bonchev–Trinajstić information content (AvgIpc) is 3.09. The molecule has 0 aromatic carbocycles. The summed E-state index contributed by atoms with van der Waals surface area (Å²) in [6.45, 7) is 17.9. The van der Waals surface area contributed by atoms with E-state index < -0.39 is 23.4 Å². The van der Waals surface area contributed by atoms with E-state index in [4.69, 9.17) is 4.74 Å². The molecule has 3 saturated carbocycles. The van der Waals surface area contributed by atoms with E-state index in [1.54, 1.807) is 0 Å². The molecule has 0 radical (unpaired) electrons. The first-order valence-corrected chi connectivity index (χ1v) is 13.4. The summed E-state index contributed by atoms with van der Waals surface area (Å²) in [6, 6.07) is 0. The number of fused-ring (bicyclic) bond motifs is 2. The van der Waals surface area contributed by atoms with E-state index in [0.29, 0.717) is 17.8 Å². The van der Waals surface area contributed by atoms with E-state index in [-0.39, 0.29) is 22.2 Å². The van der Waals surface area contributed by atoms with Gasteiger partial charge in [0.15, 0.2) is 6.29 Å². The van der Waals surface area contributed by atoms with Crippen molar-refractivity contribution in [1.29, 1.82) is 0 Å². The zero-order valence-electron chi connectivity index (χ0n) is 21.7. The second-order valence-corrected chi connectivity index (χ2v) is 13.5. The molecule has 5 aliphatic rings. The largest absolute Gasteiger partial charge is 0.392 e. The molecule has 4 aliphatic carbocycles. The van der Waals surface area contributed by atoms with Gasteiger partial charge in [0.05, 0.1) is 6.10 Å². The van der Waals surface area contributed by atoms with E-state index in [0.717, 1.165) is 37.7 Å². The molecule has 3 heteroatoms. The Balaban J connectivity index is 1.52. The van der Waals surface area contributed by atoms with Crippen molar-refractivity contribution in [2.75, 3.05) is 0 Å². The van der Waals surface area contributed by atoms with Crippen LogP contribution in [-0.2, 0) is 4.74 Å². The molecule has 0 aromatic rings. The van der Waals surface area contributed by atoms with Crippen LogP contribution in [0, 0.1) is 45.3 Å². The summed E-state index contributed by atoms with van der Waals surface area (Å²) in [6.07, 6.45) is 15.6. The van der Waals surface area contributed by atoms with Gasteiger partial charge in [-0.2, -0.15) is 0 Å². The van der Waals surface area contributed by atoms with Gasteiger partial charge in [0.2, 0.25) is 0 Å². The Morgan fingerprint density at radius 2 is 1.82 bits per heavy atom. The topological polar surface area (TPSA) is 49.7 Å². The van der Waals surface area contributed by atoms with Gasteiger partial charge in [-0.1, -0.05) is 71.1 Å². The van der Waals surface area contributed by atoms with Crippen molar-refractivity contribution in [2.24, 2.45) is 45.3 Å². The minimum atomic E-state index is -0.747. The Bertz CT molecular complexity index is 887. The molecule has 1 aliphatic heterocycles. The highest BCUT2D eigenvalue weighted by atomic mass is 16.6. The van der Waals surface area contributed by atoms with Crippen molar-refractivity contribution in [2.45, 2.75) is 104 Å². The minimum Gasteiger partial charge on any atom is -0.392 e. The third-order valence-corrected chi connectivity index (χ3v) is 12.1. The molecule has 4 fully saturated rings. The first kappa shape index (κ1) is 23.8. The molecule has 33 heavy (non-hydrogen) atoms. The summed E-state index contributed by atoms with van der Waals surface area (Å²) in [4.78, 5) is 0. The van der Waals surface area contributed by atoms with Crippen LogP contribution in [0.4, 0.5) is 0 Å². The van der Waals surface area contributed by atoms with Gasteiger partial charge in [-0.05, 0) is 80.5 Å². The molecule has 0 aromatic heterocycles. The van der Waals surface area contributed by atoms with Gasteiger partial charge < -0.3 is 14.9 Å². The van der Waals surface area contributed by atoms with Crippen molar-refractivity contribution in [3.8, 4) is 0 Å². The summed E-state index contributed by atoms with van der Waals surface area (Å²) < 4.78 is 6.59. The van der Waals surface area contributed by atoms with Gasteiger partial charge in [-0.25, -0.2) is 0 Å². The van der Waals surface area contributed by atoms with Crippen LogP contribution in [-0.4, -0.2) is 28.2 Å². The maximum absolute atomic E-state index is 11.6. The molecule has 1 spiro atoms. The number of aliphatic hydroxyl groups is 2. The highest BCUT2D eigenvalue weighted by molar-refractivity contribution is 5.34. The molecule has 3 nitrogen and oxygen atoms in total. The molecular formula is C30H46O3. The molecule has 0 amide bonds. The van der Waals surface area contributed by atoms with Gasteiger partial charge >= 0.3 is 0 Å². The summed E-state index contributed by atoms with van der Waals surface area (Å²) >= 11 is 0. The lowest BCUT2D eigenvalue weighted by molar-refractivity contribution is -0.213. The molecule has 2 bridgehead atoms. The van der Waals surface area contributed by atoms with E-state index in [1.807, 2.05) is 0 Å². The number of ether oxygens (including phenoxy) is 1. The van der Waals surface area contributed by atoms with Gasteiger partial charge in [0.25, 0.3) is 0 Å². The van der Waals surface area contributed by atoms with E-state index >= 15 is 0 Å². The molecule has 2 N–H and O–H groups in total. The van der Waals surface area contributed by atoms with E-state index in [1.165, 1.54) is 12.8 Å². The average molecular weight is 455 g/mol. The zero-order valence-corrected chi connectivity index (χ0v) is 21.7. The Morgan fingerprint density at radius 1 is 1.09 bits per heavy atom. The fourth-order valence-corrected chi connectivity index (χ4v) is 9.90. The quantitative estimate of drug-likeness (QED) is 0.381. The fourth-order valence-electron chi connectivity index (χ4n) is 9.90. The first-order chi connectivity index (χ1) is 15.4. The third kappa shape index (κ3) is 2.74. The van der Waals surface area contributed by atoms with Gasteiger partial charge in [-0.3, -0.25) is 0 Å².